The van der Waals surface area contributed by atoms with Crippen LogP contribution in [0.4, 0.5) is 0 Å². The summed E-state index contributed by atoms with van der Waals surface area (Å²) < 4.78 is 24.6. The summed E-state index contributed by atoms with van der Waals surface area (Å²) in [6, 6.07) is 8.63. The van der Waals surface area contributed by atoms with Gasteiger partial charge >= 0.3 is 0 Å². The lowest BCUT2D eigenvalue weighted by atomic mass is 10.1. The predicted molar refractivity (Wildman–Crippen MR) is 73.5 cm³/mol. The summed E-state index contributed by atoms with van der Waals surface area (Å²) in [4.78, 5) is 12.3. The highest BCUT2D eigenvalue weighted by atomic mass is 32.2. The van der Waals surface area contributed by atoms with Crippen molar-refractivity contribution < 1.29 is 13.2 Å². The Labute approximate surface area is 109 Å². The molecule has 0 bridgehead atoms. The maximum atomic E-state index is 12.3. The number of carbonyl (C=O) groups excluding carboxylic acids is 1. The first-order chi connectivity index (χ1) is 8.45. The van der Waals surface area contributed by atoms with Gasteiger partial charge in [-0.1, -0.05) is 44.2 Å². The van der Waals surface area contributed by atoms with Crippen LogP contribution in [0.2, 0.25) is 0 Å². The Morgan fingerprint density at radius 2 is 1.67 bits per heavy atom. The standard InChI is InChI=1S/C14H20O3S/c1-4-11(3)18(16,17)13(5-2)14(15)12-9-7-6-8-10-12/h6-11,13H,4-5H2,1-3H3. The first-order valence-corrected chi connectivity index (χ1v) is 7.88. The molecule has 0 N–H and O–H groups in total. The highest BCUT2D eigenvalue weighted by Crippen LogP contribution is 2.19. The number of Topliss-reactive ketones (excluding diaryl/α,β-unsaturated/α-hetero) is 1. The minimum Gasteiger partial charge on any atom is -0.293 e. The van der Waals surface area contributed by atoms with E-state index in [0.29, 0.717) is 18.4 Å². The summed E-state index contributed by atoms with van der Waals surface area (Å²) in [7, 11) is -3.40. The number of sulfone groups is 1. The van der Waals surface area contributed by atoms with Crippen LogP contribution in [0.3, 0.4) is 0 Å². The van der Waals surface area contributed by atoms with E-state index in [0.717, 1.165) is 0 Å². The summed E-state index contributed by atoms with van der Waals surface area (Å²) in [6.45, 7) is 5.23. The van der Waals surface area contributed by atoms with Crippen LogP contribution in [-0.4, -0.2) is 24.7 Å². The van der Waals surface area contributed by atoms with E-state index >= 15 is 0 Å². The van der Waals surface area contributed by atoms with E-state index in [2.05, 4.69) is 0 Å². The molecule has 18 heavy (non-hydrogen) atoms. The zero-order chi connectivity index (χ0) is 13.8. The SMILES string of the molecule is CCC(C)S(=O)(=O)C(CC)C(=O)c1ccccc1. The summed E-state index contributed by atoms with van der Waals surface area (Å²) in [5.74, 6) is -0.293. The van der Waals surface area contributed by atoms with Crippen LogP contribution >= 0.6 is 0 Å². The quantitative estimate of drug-likeness (QED) is 0.745. The number of rotatable bonds is 6. The van der Waals surface area contributed by atoms with Crippen molar-refractivity contribution in [3.8, 4) is 0 Å². The fraction of sp³-hybridized carbons (Fsp3) is 0.500. The Balaban J connectivity index is 3.09. The van der Waals surface area contributed by atoms with E-state index in [1.54, 1.807) is 44.2 Å². The third-order valence-corrected chi connectivity index (χ3v) is 6.05. The average molecular weight is 268 g/mol. The Kier molecular flexibility index (Phi) is 5.08. The van der Waals surface area contributed by atoms with Gasteiger partial charge in [-0.25, -0.2) is 8.42 Å². The van der Waals surface area contributed by atoms with Crippen molar-refractivity contribution >= 4 is 15.6 Å². The van der Waals surface area contributed by atoms with Gasteiger partial charge in [-0.05, 0) is 19.8 Å². The van der Waals surface area contributed by atoms with Gasteiger partial charge in [0.2, 0.25) is 0 Å². The zero-order valence-corrected chi connectivity index (χ0v) is 11.9. The number of ketones is 1. The summed E-state index contributed by atoms with van der Waals surface area (Å²) in [5, 5.41) is -1.40. The molecule has 0 heterocycles. The topological polar surface area (TPSA) is 51.2 Å². The first kappa shape index (κ1) is 14.9. The molecule has 0 fully saturated rings. The minimum absolute atomic E-state index is 0.293. The summed E-state index contributed by atoms with van der Waals surface area (Å²) in [5.41, 5.74) is 0.469. The predicted octanol–water partition coefficient (Wildman–Crippen LogP) is 2.86. The molecule has 0 amide bonds. The van der Waals surface area contributed by atoms with Crippen LogP contribution in [0.25, 0.3) is 0 Å². The average Bonchev–Trinajstić information content (AvgIpc) is 2.39. The molecular formula is C14H20O3S. The maximum Gasteiger partial charge on any atom is 0.180 e. The van der Waals surface area contributed by atoms with Crippen molar-refractivity contribution in [3.05, 3.63) is 35.9 Å². The van der Waals surface area contributed by atoms with Crippen molar-refractivity contribution in [1.29, 1.82) is 0 Å². The number of hydrogen-bond acceptors (Lipinski definition) is 3. The fourth-order valence-electron chi connectivity index (χ4n) is 1.87. The van der Waals surface area contributed by atoms with E-state index in [4.69, 9.17) is 0 Å². The second kappa shape index (κ2) is 6.14. The fourth-order valence-corrected chi connectivity index (χ4v) is 3.79. The van der Waals surface area contributed by atoms with Gasteiger partial charge in [0.1, 0.15) is 5.25 Å². The smallest absolute Gasteiger partial charge is 0.180 e. The first-order valence-electron chi connectivity index (χ1n) is 6.27. The lowest BCUT2D eigenvalue weighted by Gasteiger charge is -2.19. The number of hydrogen-bond donors (Lipinski definition) is 0. The maximum absolute atomic E-state index is 12.3. The molecule has 100 valence electrons. The van der Waals surface area contributed by atoms with E-state index in [-0.39, 0.29) is 5.78 Å². The minimum atomic E-state index is -3.40. The normalized spacial score (nSPS) is 15.1. The Bertz CT molecular complexity index is 491. The van der Waals surface area contributed by atoms with Gasteiger partial charge in [0.25, 0.3) is 0 Å². The van der Waals surface area contributed by atoms with E-state index < -0.39 is 20.3 Å². The molecule has 1 aromatic carbocycles. The van der Waals surface area contributed by atoms with Crippen LogP contribution in [0, 0.1) is 0 Å². The molecule has 0 radical (unpaired) electrons. The molecule has 4 heteroatoms. The Morgan fingerprint density at radius 1 is 1.11 bits per heavy atom. The lowest BCUT2D eigenvalue weighted by Crippen LogP contribution is -2.35. The second-order valence-corrected chi connectivity index (χ2v) is 6.99. The van der Waals surface area contributed by atoms with E-state index in [1.807, 2.05) is 6.92 Å². The van der Waals surface area contributed by atoms with Crippen molar-refractivity contribution in [2.75, 3.05) is 0 Å². The van der Waals surface area contributed by atoms with Gasteiger partial charge in [0.15, 0.2) is 15.6 Å². The Morgan fingerprint density at radius 3 is 2.11 bits per heavy atom. The molecule has 3 nitrogen and oxygen atoms in total. The van der Waals surface area contributed by atoms with Gasteiger partial charge in [-0.15, -0.1) is 0 Å². The molecular weight excluding hydrogens is 248 g/mol. The van der Waals surface area contributed by atoms with Gasteiger partial charge in [-0.2, -0.15) is 0 Å². The van der Waals surface area contributed by atoms with Gasteiger partial charge in [0, 0.05) is 5.56 Å². The molecule has 1 rings (SSSR count). The third-order valence-electron chi connectivity index (χ3n) is 3.25. The molecule has 0 aliphatic carbocycles. The van der Waals surface area contributed by atoms with Crippen LogP contribution in [-0.2, 0) is 9.84 Å². The van der Waals surface area contributed by atoms with Crippen LogP contribution < -0.4 is 0 Å². The van der Waals surface area contributed by atoms with E-state index in [1.165, 1.54) is 0 Å². The van der Waals surface area contributed by atoms with Gasteiger partial charge < -0.3 is 0 Å². The summed E-state index contributed by atoms with van der Waals surface area (Å²) >= 11 is 0. The molecule has 0 saturated carbocycles. The third kappa shape index (κ3) is 2.99. The van der Waals surface area contributed by atoms with Crippen LogP contribution in [0.15, 0.2) is 30.3 Å². The highest BCUT2D eigenvalue weighted by Gasteiger charge is 2.34. The molecule has 0 aliphatic heterocycles. The zero-order valence-electron chi connectivity index (χ0n) is 11.1. The molecule has 0 spiro atoms. The monoisotopic (exact) mass is 268 g/mol. The van der Waals surface area contributed by atoms with Crippen molar-refractivity contribution in [1.82, 2.24) is 0 Å². The lowest BCUT2D eigenvalue weighted by molar-refractivity contribution is 0.0985. The summed E-state index contributed by atoms with van der Waals surface area (Å²) in [6.07, 6.45) is 0.849. The van der Waals surface area contributed by atoms with E-state index in [9.17, 15) is 13.2 Å². The van der Waals surface area contributed by atoms with Gasteiger partial charge in [0.05, 0.1) is 5.25 Å². The Hall–Kier alpha value is -1.16. The second-order valence-electron chi connectivity index (χ2n) is 4.44. The molecule has 0 aromatic heterocycles. The highest BCUT2D eigenvalue weighted by molar-refractivity contribution is 7.93. The largest absolute Gasteiger partial charge is 0.293 e. The van der Waals surface area contributed by atoms with Gasteiger partial charge in [-0.3, -0.25) is 4.79 Å². The molecule has 0 saturated heterocycles. The van der Waals surface area contributed by atoms with Crippen molar-refractivity contribution in [3.63, 3.8) is 0 Å². The number of benzene rings is 1. The van der Waals surface area contributed by atoms with Crippen LogP contribution in [0.1, 0.15) is 44.0 Å². The molecule has 2 unspecified atom stereocenters. The van der Waals surface area contributed by atoms with Crippen LogP contribution in [0.5, 0.6) is 0 Å². The molecule has 1 aromatic rings. The molecule has 2 atom stereocenters. The van der Waals surface area contributed by atoms with Crippen molar-refractivity contribution in [2.24, 2.45) is 0 Å². The number of carbonyl (C=O) groups is 1. The van der Waals surface area contributed by atoms with Crippen molar-refractivity contribution in [2.45, 2.75) is 44.1 Å². The molecule has 0 aliphatic rings.